The van der Waals surface area contributed by atoms with Gasteiger partial charge in [-0.05, 0) is 12.0 Å². The second-order valence-electron chi connectivity index (χ2n) is 12.0. The average molecular weight is 730 g/mol. The Morgan fingerprint density at radius 1 is 0.431 bits per heavy atom. The molecule has 51 heavy (non-hydrogen) atoms. The smallest absolute Gasteiger partial charge is 0.407 e. The first-order chi connectivity index (χ1) is 25.3. The standard InChI is InChI=1S/C39H71NO11/c1-2-3-4-5-6-7-8-9-10-11-15-19-42-21-23-44-25-27-46-29-31-48-33-35-50-36-34-49-32-30-47-28-26-45-24-22-43-20-18-40-39(41)51-37-38-16-13-12-14-17-38/h12-14,16-17H,2-11,15,18-37H2,1H3,(H,40,41). The van der Waals surface area contributed by atoms with E-state index in [4.69, 9.17) is 47.4 Å². The number of hydrogen-bond acceptors (Lipinski definition) is 11. The second-order valence-corrected chi connectivity index (χ2v) is 12.0. The van der Waals surface area contributed by atoms with Gasteiger partial charge in [0.25, 0.3) is 0 Å². The van der Waals surface area contributed by atoms with Crippen molar-refractivity contribution >= 4 is 6.09 Å². The first-order valence-corrected chi connectivity index (χ1v) is 19.5. The van der Waals surface area contributed by atoms with Crippen molar-refractivity contribution in [2.24, 2.45) is 0 Å². The minimum atomic E-state index is -0.464. The van der Waals surface area contributed by atoms with Gasteiger partial charge in [-0.1, -0.05) is 101 Å². The van der Waals surface area contributed by atoms with Gasteiger partial charge >= 0.3 is 6.09 Å². The third kappa shape index (κ3) is 37.7. The molecule has 1 aromatic carbocycles. The summed E-state index contributed by atoms with van der Waals surface area (Å²) in [6, 6.07) is 9.53. The van der Waals surface area contributed by atoms with Gasteiger partial charge in [0.2, 0.25) is 0 Å². The maximum absolute atomic E-state index is 11.7. The summed E-state index contributed by atoms with van der Waals surface area (Å²) in [6.45, 7) is 12.4. The van der Waals surface area contributed by atoms with Crippen LogP contribution in [0.15, 0.2) is 30.3 Å². The lowest BCUT2D eigenvalue weighted by Gasteiger charge is -2.09. The van der Waals surface area contributed by atoms with Crippen LogP contribution in [-0.4, -0.2) is 132 Å². The van der Waals surface area contributed by atoms with Crippen LogP contribution in [0.3, 0.4) is 0 Å². The first kappa shape index (κ1) is 47.2. The number of carbonyl (C=O) groups excluding carboxylic acids is 1. The van der Waals surface area contributed by atoms with Crippen LogP contribution >= 0.6 is 0 Å². The Bertz CT molecular complexity index is 822. The van der Waals surface area contributed by atoms with E-state index in [0.29, 0.717) is 119 Å². The van der Waals surface area contributed by atoms with Gasteiger partial charge < -0.3 is 52.7 Å². The van der Waals surface area contributed by atoms with Crippen molar-refractivity contribution in [1.29, 1.82) is 0 Å². The Labute approximate surface area is 308 Å². The molecule has 0 spiro atoms. The molecule has 1 rings (SSSR count). The molecule has 298 valence electrons. The highest BCUT2D eigenvalue weighted by atomic mass is 16.6. The van der Waals surface area contributed by atoms with Crippen LogP contribution < -0.4 is 5.32 Å². The van der Waals surface area contributed by atoms with E-state index in [1.165, 1.54) is 64.2 Å². The predicted octanol–water partition coefficient (Wildman–Crippen LogP) is 6.37. The fourth-order valence-electron chi connectivity index (χ4n) is 4.73. The fourth-order valence-corrected chi connectivity index (χ4v) is 4.73. The molecular weight excluding hydrogens is 658 g/mol. The van der Waals surface area contributed by atoms with Crippen LogP contribution in [0.1, 0.15) is 83.1 Å². The molecule has 0 aliphatic rings. The van der Waals surface area contributed by atoms with Gasteiger partial charge in [-0.3, -0.25) is 0 Å². The molecule has 1 N–H and O–H groups in total. The molecular formula is C39H71NO11. The quantitative estimate of drug-likeness (QED) is 0.0757. The van der Waals surface area contributed by atoms with Gasteiger partial charge in [0.15, 0.2) is 0 Å². The molecule has 0 aliphatic carbocycles. The molecule has 0 saturated carbocycles. The highest BCUT2D eigenvalue weighted by Gasteiger charge is 2.02. The molecule has 0 aliphatic heterocycles. The van der Waals surface area contributed by atoms with Crippen LogP contribution in [0.4, 0.5) is 4.79 Å². The summed E-state index contributed by atoms with van der Waals surface area (Å²) in [6.07, 6.45) is 14.4. The normalized spacial score (nSPS) is 11.3. The summed E-state index contributed by atoms with van der Waals surface area (Å²) >= 11 is 0. The van der Waals surface area contributed by atoms with Crippen LogP contribution in [-0.2, 0) is 54.0 Å². The van der Waals surface area contributed by atoms with Gasteiger partial charge in [0, 0.05) is 13.2 Å². The summed E-state index contributed by atoms with van der Waals surface area (Å²) in [5.74, 6) is 0. The van der Waals surface area contributed by atoms with Crippen LogP contribution in [0, 0.1) is 0 Å². The van der Waals surface area contributed by atoms with Gasteiger partial charge in [-0.15, -0.1) is 0 Å². The van der Waals surface area contributed by atoms with Crippen molar-refractivity contribution in [2.45, 2.75) is 84.2 Å². The molecule has 0 radical (unpaired) electrons. The largest absolute Gasteiger partial charge is 0.445 e. The number of hydrogen-bond donors (Lipinski definition) is 1. The molecule has 1 amide bonds. The number of ether oxygens (including phenoxy) is 10. The lowest BCUT2D eigenvalue weighted by molar-refractivity contribution is -0.0249. The molecule has 0 fully saturated rings. The number of unbranched alkanes of at least 4 members (excludes halogenated alkanes) is 10. The Hall–Kier alpha value is -1.87. The molecule has 0 unspecified atom stereocenters. The predicted molar refractivity (Wildman–Crippen MR) is 198 cm³/mol. The Morgan fingerprint density at radius 2 is 0.765 bits per heavy atom. The van der Waals surface area contributed by atoms with E-state index in [1.807, 2.05) is 30.3 Å². The Balaban J connectivity index is 1.62. The van der Waals surface area contributed by atoms with Crippen LogP contribution in [0.2, 0.25) is 0 Å². The topological polar surface area (TPSA) is 121 Å². The van der Waals surface area contributed by atoms with E-state index < -0.39 is 6.09 Å². The van der Waals surface area contributed by atoms with E-state index in [2.05, 4.69) is 12.2 Å². The molecule has 12 heteroatoms. The number of nitrogens with one attached hydrogen (secondary N) is 1. The van der Waals surface area contributed by atoms with Crippen molar-refractivity contribution < 1.29 is 52.2 Å². The minimum absolute atomic E-state index is 0.242. The Kier molecular flexibility index (Phi) is 37.8. The molecule has 12 nitrogen and oxygen atoms in total. The van der Waals surface area contributed by atoms with E-state index in [9.17, 15) is 4.79 Å². The maximum atomic E-state index is 11.7. The van der Waals surface area contributed by atoms with E-state index in [-0.39, 0.29) is 6.61 Å². The third-order valence-electron chi connectivity index (χ3n) is 7.60. The van der Waals surface area contributed by atoms with Crippen molar-refractivity contribution in [1.82, 2.24) is 5.32 Å². The Morgan fingerprint density at radius 3 is 1.16 bits per heavy atom. The summed E-state index contributed by atoms with van der Waals surface area (Å²) in [4.78, 5) is 11.7. The monoisotopic (exact) mass is 730 g/mol. The molecule has 0 bridgehead atoms. The van der Waals surface area contributed by atoms with Gasteiger partial charge in [-0.25, -0.2) is 4.79 Å². The first-order valence-electron chi connectivity index (χ1n) is 19.5. The van der Waals surface area contributed by atoms with Crippen molar-refractivity contribution in [3.63, 3.8) is 0 Å². The summed E-state index contributed by atoms with van der Waals surface area (Å²) < 4.78 is 54.8. The molecule has 1 aromatic rings. The molecule has 0 aromatic heterocycles. The lowest BCUT2D eigenvalue weighted by atomic mass is 10.1. The van der Waals surface area contributed by atoms with Gasteiger partial charge in [0.05, 0.1) is 112 Å². The minimum Gasteiger partial charge on any atom is -0.445 e. The SMILES string of the molecule is CCCCCCCCCCCCCOCCOCCOCCOCCOCCOCCOCCOCCOCCNC(=O)OCc1ccccc1. The van der Waals surface area contributed by atoms with Crippen LogP contribution in [0.25, 0.3) is 0 Å². The van der Waals surface area contributed by atoms with E-state index in [1.54, 1.807) is 0 Å². The zero-order valence-corrected chi connectivity index (χ0v) is 31.8. The fraction of sp³-hybridized carbons (Fsp3) is 0.821. The second kappa shape index (κ2) is 40.9. The zero-order chi connectivity index (χ0) is 36.4. The summed E-state index contributed by atoms with van der Waals surface area (Å²) in [5, 5.41) is 2.65. The van der Waals surface area contributed by atoms with Crippen molar-refractivity contribution in [3.05, 3.63) is 35.9 Å². The van der Waals surface area contributed by atoms with Gasteiger partial charge in [0.1, 0.15) is 6.61 Å². The number of benzene rings is 1. The number of carbonyl (C=O) groups is 1. The zero-order valence-electron chi connectivity index (χ0n) is 31.8. The van der Waals surface area contributed by atoms with E-state index in [0.717, 1.165) is 18.6 Å². The van der Waals surface area contributed by atoms with Crippen molar-refractivity contribution in [2.75, 3.05) is 125 Å². The highest BCUT2D eigenvalue weighted by Crippen LogP contribution is 2.11. The average Bonchev–Trinajstić information content (AvgIpc) is 3.15. The third-order valence-corrected chi connectivity index (χ3v) is 7.60. The summed E-state index contributed by atoms with van der Waals surface area (Å²) in [5.41, 5.74) is 0.942. The molecule has 0 saturated heterocycles. The molecule has 0 heterocycles. The van der Waals surface area contributed by atoms with E-state index >= 15 is 0 Å². The maximum Gasteiger partial charge on any atom is 0.407 e. The molecule has 0 atom stereocenters. The number of amides is 1. The highest BCUT2D eigenvalue weighted by molar-refractivity contribution is 5.67. The lowest BCUT2D eigenvalue weighted by Crippen LogP contribution is -2.28. The van der Waals surface area contributed by atoms with Gasteiger partial charge in [-0.2, -0.15) is 0 Å². The number of rotatable bonds is 41. The van der Waals surface area contributed by atoms with Crippen LogP contribution in [0.5, 0.6) is 0 Å². The number of alkyl carbamates (subject to hydrolysis) is 1. The van der Waals surface area contributed by atoms with Crippen molar-refractivity contribution in [3.8, 4) is 0 Å². The summed E-state index contributed by atoms with van der Waals surface area (Å²) in [7, 11) is 0.